The second-order valence-corrected chi connectivity index (χ2v) is 4.66. The zero-order valence-electron chi connectivity index (χ0n) is 11.3. The number of benzene rings is 1. The Balaban J connectivity index is 1.96. The number of aromatic nitrogens is 1. The maximum Gasteiger partial charge on any atom is 0.127 e. The van der Waals surface area contributed by atoms with Gasteiger partial charge >= 0.3 is 0 Å². The van der Waals surface area contributed by atoms with Crippen molar-refractivity contribution in [3.05, 3.63) is 58.8 Å². The lowest BCUT2D eigenvalue weighted by Crippen LogP contribution is -2.07. The molecule has 0 aliphatic rings. The van der Waals surface area contributed by atoms with Gasteiger partial charge in [0.2, 0.25) is 0 Å². The fraction of sp³-hybridized carbons (Fsp3) is 0.250. The van der Waals surface area contributed by atoms with Gasteiger partial charge in [0.25, 0.3) is 0 Å². The van der Waals surface area contributed by atoms with Gasteiger partial charge < -0.3 is 5.32 Å². The van der Waals surface area contributed by atoms with E-state index in [1.165, 1.54) is 11.1 Å². The molecule has 96 valence electrons. The van der Waals surface area contributed by atoms with Gasteiger partial charge in [-0.15, -0.1) is 0 Å². The number of nitrogens with one attached hydrogen (secondary N) is 1. The molecule has 1 aromatic carbocycles. The first-order valence-corrected chi connectivity index (χ1v) is 6.35. The number of nitrogens with zero attached hydrogens (tertiary/aromatic N) is 2. The molecule has 0 atom stereocenters. The van der Waals surface area contributed by atoms with Crippen LogP contribution in [0.4, 0.5) is 5.82 Å². The van der Waals surface area contributed by atoms with E-state index in [0.29, 0.717) is 5.56 Å². The van der Waals surface area contributed by atoms with Crippen molar-refractivity contribution >= 4 is 5.82 Å². The van der Waals surface area contributed by atoms with Crippen molar-refractivity contribution in [1.82, 2.24) is 4.98 Å². The van der Waals surface area contributed by atoms with Gasteiger partial charge in [0, 0.05) is 12.2 Å². The Morgan fingerprint density at radius 1 is 1.21 bits per heavy atom. The number of nitriles is 1. The van der Waals surface area contributed by atoms with E-state index >= 15 is 0 Å². The first kappa shape index (κ1) is 13.1. The highest BCUT2D eigenvalue weighted by atomic mass is 15.0. The standard InChI is InChI=1S/C16H17N3/c1-12-4-3-5-14(8-12)6-7-18-16-10-15(11-17)9-13(2)19-16/h3-5,8-10H,6-7H2,1-2H3,(H,18,19). The Morgan fingerprint density at radius 3 is 2.79 bits per heavy atom. The molecule has 0 aliphatic carbocycles. The number of hydrogen-bond donors (Lipinski definition) is 1. The summed E-state index contributed by atoms with van der Waals surface area (Å²) < 4.78 is 0. The molecule has 0 radical (unpaired) electrons. The number of hydrogen-bond acceptors (Lipinski definition) is 3. The summed E-state index contributed by atoms with van der Waals surface area (Å²) in [5.41, 5.74) is 4.08. The van der Waals surface area contributed by atoms with Gasteiger partial charge in [-0.3, -0.25) is 0 Å². The summed E-state index contributed by atoms with van der Waals surface area (Å²) in [5.74, 6) is 0.768. The summed E-state index contributed by atoms with van der Waals surface area (Å²) in [6, 6.07) is 14.2. The van der Waals surface area contributed by atoms with Crippen molar-refractivity contribution in [1.29, 1.82) is 5.26 Å². The van der Waals surface area contributed by atoms with E-state index in [1.807, 2.05) is 6.92 Å². The minimum absolute atomic E-state index is 0.644. The van der Waals surface area contributed by atoms with Crippen LogP contribution in [0.5, 0.6) is 0 Å². The Bertz CT molecular complexity index is 612. The van der Waals surface area contributed by atoms with Gasteiger partial charge in [-0.25, -0.2) is 4.98 Å². The molecule has 1 heterocycles. The Hall–Kier alpha value is -2.34. The quantitative estimate of drug-likeness (QED) is 0.907. The van der Waals surface area contributed by atoms with Crippen molar-refractivity contribution in [2.45, 2.75) is 20.3 Å². The van der Waals surface area contributed by atoms with E-state index in [4.69, 9.17) is 5.26 Å². The van der Waals surface area contributed by atoms with Gasteiger partial charge in [0.1, 0.15) is 5.82 Å². The Kier molecular flexibility index (Phi) is 4.15. The zero-order chi connectivity index (χ0) is 13.7. The van der Waals surface area contributed by atoms with Gasteiger partial charge in [-0.05, 0) is 38.0 Å². The van der Waals surface area contributed by atoms with Gasteiger partial charge in [-0.1, -0.05) is 29.8 Å². The summed E-state index contributed by atoms with van der Waals surface area (Å²) in [4.78, 5) is 4.37. The minimum atomic E-state index is 0.644. The van der Waals surface area contributed by atoms with Crippen LogP contribution in [-0.2, 0) is 6.42 Å². The predicted molar refractivity (Wildman–Crippen MR) is 77.1 cm³/mol. The third-order valence-electron chi connectivity index (χ3n) is 2.88. The number of rotatable bonds is 4. The van der Waals surface area contributed by atoms with Crippen LogP contribution in [-0.4, -0.2) is 11.5 Å². The monoisotopic (exact) mass is 251 g/mol. The molecule has 0 unspecified atom stereocenters. The normalized spacial score (nSPS) is 9.95. The van der Waals surface area contributed by atoms with E-state index in [0.717, 1.165) is 24.5 Å². The first-order chi connectivity index (χ1) is 9.17. The highest BCUT2D eigenvalue weighted by Gasteiger charge is 2.00. The van der Waals surface area contributed by atoms with E-state index in [2.05, 4.69) is 47.6 Å². The van der Waals surface area contributed by atoms with Crippen LogP contribution in [0.25, 0.3) is 0 Å². The van der Waals surface area contributed by atoms with Gasteiger partial charge in [-0.2, -0.15) is 5.26 Å². The Labute approximate surface area is 113 Å². The third kappa shape index (κ3) is 3.82. The van der Waals surface area contributed by atoms with Crippen LogP contribution >= 0.6 is 0 Å². The molecule has 0 amide bonds. The highest BCUT2D eigenvalue weighted by molar-refractivity contribution is 5.44. The van der Waals surface area contributed by atoms with E-state index in [9.17, 15) is 0 Å². The van der Waals surface area contributed by atoms with E-state index in [-0.39, 0.29) is 0 Å². The summed E-state index contributed by atoms with van der Waals surface area (Å²) in [6.45, 7) is 4.80. The molecule has 19 heavy (non-hydrogen) atoms. The molecule has 2 aromatic rings. The second-order valence-electron chi connectivity index (χ2n) is 4.66. The van der Waals surface area contributed by atoms with Crippen molar-refractivity contribution in [2.75, 3.05) is 11.9 Å². The number of anilines is 1. The summed E-state index contributed by atoms with van der Waals surface area (Å²) >= 11 is 0. The molecule has 1 N–H and O–H groups in total. The largest absolute Gasteiger partial charge is 0.370 e. The molecule has 0 aliphatic heterocycles. The average molecular weight is 251 g/mol. The molecule has 3 nitrogen and oxygen atoms in total. The molecular weight excluding hydrogens is 234 g/mol. The topological polar surface area (TPSA) is 48.7 Å². The summed E-state index contributed by atoms with van der Waals surface area (Å²) in [6.07, 6.45) is 0.944. The molecule has 0 saturated heterocycles. The lowest BCUT2D eigenvalue weighted by atomic mass is 10.1. The maximum absolute atomic E-state index is 8.91. The van der Waals surface area contributed by atoms with Crippen LogP contribution in [0, 0.1) is 25.2 Å². The molecule has 2 rings (SSSR count). The van der Waals surface area contributed by atoms with Crippen LogP contribution in [0.15, 0.2) is 36.4 Å². The van der Waals surface area contributed by atoms with Crippen molar-refractivity contribution in [2.24, 2.45) is 0 Å². The lowest BCUT2D eigenvalue weighted by Gasteiger charge is -2.07. The van der Waals surface area contributed by atoms with Crippen molar-refractivity contribution in [3.63, 3.8) is 0 Å². The summed E-state index contributed by atoms with van der Waals surface area (Å²) in [5, 5.41) is 12.2. The molecule has 0 fully saturated rings. The SMILES string of the molecule is Cc1cccc(CCNc2cc(C#N)cc(C)n2)c1. The maximum atomic E-state index is 8.91. The first-order valence-electron chi connectivity index (χ1n) is 6.35. The Morgan fingerprint density at radius 2 is 2.05 bits per heavy atom. The molecule has 0 spiro atoms. The molecular formula is C16H17N3. The smallest absolute Gasteiger partial charge is 0.127 e. The van der Waals surface area contributed by atoms with Crippen LogP contribution in [0.2, 0.25) is 0 Å². The predicted octanol–water partition coefficient (Wildman–Crippen LogP) is 3.22. The zero-order valence-corrected chi connectivity index (χ0v) is 11.3. The van der Waals surface area contributed by atoms with Gasteiger partial charge in [0.05, 0.1) is 11.6 Å². The van der Waals surface area contributed by atoms with E-state index < -0.39 is 0 Å². The van der Waals surface area contributed by atoms with Crippen molar-refractivity contribution in [3.8, 4) is 6.07 Å². The van der Waals surface area contributed by atoms with Crippen molar-refractivity contribution < 1.29 is 0 Å². The summed E-state index contributed by atoms with van der Waals surface area (Å²) in [7, 11) is 0. The second kappa shape index (κ2) is 6.01. The lowest BCUT2D eigenvalue weighted by molar-refractivity contribution is 0.998. The van der Waals surface area contributed by atoms with Crippen LogP contribution in [0.3, 0.4) is 0 Å². The van der Waals surface area contributed by atoms with Crippen LogP contribution in [0.1, 0.15) is 22.4 Å². The van der Waals surface area contributed by atoms with E-state index in [1.54, 1.807) is 12.1 Å². The van der Waals surface area contributed by atoms with Gasteiger partial charge in [0.15, 0.2) is 0 Å². The highest BCUT2D eigenvalue weighted by Crippen LogP contribution is 2.10. The van der Waals surface area contributed by atoms with Crippen LogP contribution < -0.4 is 5.32 Å². The fourth-order valence-corrected chi connectivity index (χ4v) is 2.03. The fourth-order valence-electron chi connectivity index (χ4n) is 2.03. The number of aryl methyl sites for hydroxylation is 2. The molecule has 1 aromatic heterocycles. The molecule has 3 heteroatoms. The molecule has 0 saturated carbocycles. The third-order valence-corrected chi connectivity index (χ3v) is 2.88. The molecule has 0 bridgehead atoms. The number of pyridine rings is 1. The minimum Gasteiger partial charge on any atom is -0.370 e. The average Bonchev–Trinajstić information content (AvgIpc) is 2.38.